The van der Waals surface area contributed by atoms with Crippen LogP contribution in [0, 0.1) is 5.82 Å². The molecule has 2 aliphatic rings. The summed E-state index contributed by atoms with van der Waals surface area (Å²) in [5, 5.41) is 24.4. The number of halogens is 2. The minimum Gasteiger partial charge on any atom is -0.387 e. The first-order valence-corrected chi connectivity index (χ1v) is 12.3. The van der Waals surface area contributed by atoms with Crippen LogP contribution in [0.2, 0.25) is 0 Å². The zero-order valence-electron chi connectivity index (χ0n) is 17.6. The van der Waals surface area contributed by atoms with Crippen molar-refractivity contribution in [2.75, 3.05) is 13.2 Å². The van der Waals surface area contributed by atoms with E-state index in [2.05, 4.69) is 26.0 Å². The average Bonchev–Trinajstić information content (AvgIpc) is 3.04. The fourth-order valence-electron chi connectivity index (χ4n) is 3.65. The number of aromatic nitrogens is 2. The van der Waals surface area contributed by atoms with Gasteiger partial charge in [-0.25, -0.2) is 13.8 Å². The number of nitrogens with one attached hydrogen (secondary N) is 1. The summed E-state index contributed by atoms with van der Waals surface area (Å²) in [5.41, 5.74) is 5.07. The van der Waals surface area contributed by atoms with Crippen molar-refractivity contribution in [1.29, 1.82) is 0 Å². The second-order valence-electron chi connectivity index (χ2n) is 7.60. The van der Waals surface area contributed by atoms with Crippen LogP contribution in [-0.2, 0) is 22.9 Å². The summed E-state index contributed by atoms with van der Waals surface area (Å²) in [6.45, 7) is -1.07. The van der Waals surface area contributed by atoms with E-state index in [4.69, 9.17) is 23.8 Å². The van der Waals surface area contributed by atoms with Gasteiger partial charge in [-0.05, 0) is 17.7 Å². The van der Waals surface area contributed by atoms with Gasteiger partial charge in [0.05, 0.1) is 19.3 Å². The summed E-state index contributed by atoms with van der Waals surface area (Å²) in [7, 11) is -4.39. The van der Waals surface area contributed by atoms with E-state index in [0.29, 0.717) is 4.47 Å². The first-order chi connectivity index (χ1) is 16.6. The zero-order valence-corrected chi connectivity index (χ0v) is 20.0. The maximum absolute atomic E-state index is 14.4. The quantitative estimate of drug-likeness (QED) is 0.199. The summed E-state index contributed by atoms with van der Waals surface area (Å²) >= 11 is 3.14. The molecule has 0 saturated carbocycles. The van der Waals surface area contributed by atoms with Crippen LogP contribution in [0.25, 0.3) is 10.4 Å². The second-order valence-corrected chi connectivity index (χ2v) is 10.1. The van der Waals surface area contributed by atoms with Gasteiger partial charge in [0, 0.05) is 33.6 Å². The number of azide groups is 1. The molecular weight excluding hydrogens is 560 g/mol. The number of phosphoric acid groups is 1. The normalized spacial score (nSPS) is 32.8. The molecule has 1 aromatic heterocycles. The topological polar surface area (TPSA) is 198 Å². The molecule has 3 N–H and O–H groups in total. The summed E-state index contributed by atoms with van der Waals surface area (Å²) in [5.74, 6) is -0.616. The van der Waals surface area contributed by atoms with Gasteiger partial charge in [-0.15, -0.1) is 0 Å². The van der Waals surface area contributed by atoms with Crippen molar-refractivity contribution in [1.82, 2.24) is 9.55 Å². The zero-order chi connectivity index (χ0) is 25.4. The van der Waals surface area contributed by atoms with E-state index < -0.39 is 61.8 Å². The highest BCUT2D eigenvalue weighted by Crippen LogP contribution is 2.58. The number of aliphatic hydroxyl groups excluding tert-OH is 2. The average molecular weight is 578 g/mol. The van der Waals surface area contributed by atoms with Crippen LogP contribution in [-0.4, -0.2) is 50.9 Å². The van der Waals surface area contributed by atoms with Gasteiger partial charge < -0.3 is 14.9 Å². The van der Waals surface area contributed by atoms with Crippen LogP contribution in [0.4, 0.5) is 4.39 Å². The molecule has 6 atom stereocenters. The van der Waals surface area contributed by atoms with Crippen LogP contribution in [0.1, 0.15) is 24.3 Å². The van der Waals surface area contributed by atoms with E-state index in [9.17, 15) is 28.8 Å². The number of H-pyrrole nitrogens is 1. The summed E-state index contributed by atoms with van der Waals surface area (Å²) in [6, 6.07) is 5.19. The van der Waals surface area contributed by atoms with Crippen LogP contribution in [0.15, 0.2) is 49.6 Å². The van der Waals surface area contributed by atoms with E-state index in [1.165, 1.54) is 12.1 Å². The third kappa shape index (κ3) is 5.11. The number of ether oxygens (including phenoxy) is 1. The SMILES string of the molecule is [N-]=[N+]=N[C@]1(CO[P@]2(=O)OCC[C@H](c3ccc(Br)cc3F)O2)O[C@@H](n2ccc(=O)[nH]c2=O)[C@H](O)[C@@H]1O. The molecule has 0 radical (unpaired) electrons. The maximum atomic E-state index is 14.4. The lowest BCUT2D eigenvalue weighted by Gasteiger charge is -2.32. The third-order valence-electron chi connectivity index (χ3n) is 5.37. The molecular formula is C18H18BrFN5O9P. The summed E-state index contributed by atoms with van der Waals surface area (Å²) in [6.07, 6.45) is -5.23. The molecule has 3 heterocycles. The number of phosphoric ester groups is 1. The standard InChI is InChI=1S/C18H18BrFN5O9P/c19-9-1-2-10(11(20)7-9)12-4-6-31-35(30,34-12)32-8-18(23-24-21)15(28)14(27)16(33-18)25-5-3-13(26)22-17(25)29/h1-3,5,7,12,14-16,27-28H,4,6,8H2,(H,22,26,29)/t12-,14-,15+,16-,18-,35+/m1/s1. The highest BCUT2D eigenvalue weighted by Gasteiger charge is 2.56. The van der Waals surface area contributed by atoms with Crippen molar-refractivity contribution in [2.24, 2.45) is 5.11 Å². The molecule has 1 aromatic carbocycles. The van der Waals surface area contributed by atoms with E-state index in [1.54, 1.807) is 6.07 Å². The second kappa shape index (κ2) is 9.93. The number of nitrogens with zero attached hydrogens (tertiary/aromatic N) is 4. The minimum absolute atomic E-state index is 0.107. The lowest BCUT2D eigenvalue weighted by molar-refractivity contribution is -0.127. The Morgan fingerprint density at radius 2 is 2.17 bits per heavy atom. The summed E-state index contributed by atoms with van der Waals surface area (Å²) < 4.78 is 50.0. The molecule has 2 aliphatic heterocycles. The Morgan fingerprint density at radius 3 is 2.86 bits per heavy atom. The van der Waals surface area contributed by atoms with Gasteiger partial charge in [0.25, 0.3) is 5.56 Å². The smallest absolute Gasteiger partial charge is 0.387 e. The van der Waals surface area contributed by atoms with Gasteiger partial charge in [0.15, 0.2) is 6.23 Å². The maximum Gasteiger partial charge on any atom is 0.475 e. The molecule has 4 rings (SSSR count). The Bertz CT molecular complexity index is 1330. The Kier molecular flexibility index (Phi) is 7.29. The Balaban J connectivity index is 1.56. The fourth-order valence-corrected chi connectivity index (χ4v) is 5.38. The first-order valence-electron chi connectivity index (χ1n) is 10.0. The van der Waals surface area contributed by atoms with Crippen LogP contribution in [0.5, 0.6) is 0 Å². The molecule has 0 bridgehead atoms. The highest BCUT2D eigenvalue weighted by atomic mass is 79.9. The van der Waals surface area contributed by atoms with Gasteiger partial charge in [-0.2, -0.15) is 0 Å². The number of hydrogen-bond donors (Lipinski definition) is 3. The van der Waals surface area contributed by atoms with Gasteiger partial charge in [0.1, 0.15) is 18.0 Å². The largest absolute Gasteiger partial charge is 0.475 e. The van der Waals surface area contributed by atoms with Gasteiger partial charge in [0.2, 0.25) is 5.72 Å². The molecule has 35 heavy (non-hydrogen) atoms. The van der Waals surface area contributed by atoms with Gasteiger partial charge in [-0.1, -0.05) is 27.1 Å². The molecule has 17 heteroatoms. The molecule has 0 aliphatic carbocycles. The monoisotopic (exact) mass is 577 g/mol. The summed E-state index contributed by atoms with van der Waals surface area (Å²) in [4.78, 5) is 28.0. The van der Waals surface area contributed by atoms with E-state index >= 15 is 0 Å². The van der Waals surface area contributed by atoms with Crippen molar-refractivity contribution in [3.8, 4) is 0 Å². The van der Waals surface area contributed by atoms with Crippen LogP contribution >= 0.6 is 23.8 Å². The Morgan fingerprint density at radius 1 is 1.40 bits per heavy atom. The number of aromatic amines is 1. The highest BCUT2D eigenvalue weighted by molar-refractivity contribution is 9.10. The number of benzene rings is 1. The number of rotatable bonds is 6. The van der Waals surface area contributed by atoms with Crippen molar-refractivity contribution in [2.45, 2.75) is 36.7 Å². The predicted octanol–water partition coefficient (Wildman–Crippen LogP) is 2.00. The van der Waals surface area contributed by atoms with Gasteiger partial charge in [-0.3, -0.25) is 27.9 Å². The van der Waals surface area contributed by atoms with Crippen LogP contribution < -0.4 is 11.2 Å². The molecule has 2 saturated heterocycles. The Hall–Kier alpha value is -2.39. The van der Waals surface area contributed by atoms with E-state index in [1.807, 2.05) is 4.98 Å². The number of aliphatic hydroxyl groups is 2. The molecule has 0 unspecified atom stereocenters. The third-order valence-corrected chi connectivity index (χ3v) is 7.32. The van der Waals surface area contributed by atoms with Crippen LogP contribution in [0.3, 0.4) is 0 Å². The van der Waals surface area contributed by atoms with Crippen molar-refractivity contribution in [3.05, 3.63) is 77.6 Å². The van der Waals surface area contributed by atoms with Crippen molar-refractivity contribution >= 4 is 23.8 Å². The predicted molar refractivity (Wildman–Crippen MR) is 117 cm³/mol. The lowest BCUT2D eigenvalue weighted by Crippen LogP contribution is -2.45. The van der Waals surface area contributed by atoms with Crippen molar-refractivity contribution in [3.63, 3.8) is 0 Å². The lowest BCUT2D eigenvalue weighted by atomic mass is 10.1. The first kappa shape index (κ1) is 25.7. The molecule has 0 amide bonds. The molecule has 2 fully saturated rings. The number of hydrogen-bond acceptors (Lipinski definition) is 10. The van der Waals surface area contributed by atoms with E-state index in [0.717, 1.165) is 16.8 Å². The minimum atomic E-state index is -4.39. The molecule has 188 valence electrons. The van der Waals surface area contributed by atoms with E-state index in [-0.39, 0.29) is 18.6 Å². The molecule has 14 nitrogen and oxygen atoms in total. The van der Waals surface area contributed by atoms with Crippen molar-refractivity contribution < 1.29 is 37.5 Å². The Labute approximate surface area is 203 Å². The fraction of sp³-hybridized carbons (Fsp3) is 0.444. The molecule has 2 aromatic rings. The van der Waals surface area contributed by atoms with Gasteiger partial charge >= 0.3 is 13.5 Å². The molecule has 0 spiro atoms.